The molecule has 0 aromatic heterocycles. The zero-order valence-corrected chi connectivity index (χ0v) is 13.6. The quantitative estimate of drug-likeness (QED) is 0.783. The summed E-state index contributed by atoms with van der Waals surface area (Å²) in [6, 6.07) is 0.206. The molecule has 1 atom stereocenters. The Morgan fingerprint density at radius 1 is 1.14 bits per heavy atom. The van der Waals surface area contributed by atoms with Gasteiger partial charge in [-0.15, -0.1) is 0 Å². The molecule has 0 spiro atoms. The van der Waals surface area contributed by atoms with Crippen molar-refractivity contribution in [2.75, 3.05) is 26.7 Å². The molecule has 2 rings (SSSR count). The number of carbonyl (C=O) groups excluding carboxylic acids is 2. The zero-order valence-electron chi connectivity index (χ0n) is 13.6. The summed E-state index contributed by atoms with van der Waals surface area (Å²) in [5, 5.41) is 5.82. The second-order valence-corrected chi connectivity index (χ2v) is 6.40. The van der Waals surface area contributed by atoms with Crippen molar-refractivity contribution in [3.8, 4) is 0 Å². The molecule has 22 heavy (non-hydrogen) atoms. The van der Waals surface area contributed by atoms with Crippen molar-refractivity contribution in [2.45, 2.75) is 63.5 Å². The fraction of sp³-hybridized carbons (Fsp3) is 0.875. The van der Waals surface area contributed by atoms with E-state index in [-0.39, 0.29) is 18.0 Å². The van der Waals surface area contributed by atoms with Crippen LogP contribution in [0.4, 0.5) is 4.79 Å². The summed E-state index contributed by atoms with van der Waals surface area (Å²) in [6.07, 6.45) is 8.37. The van der Waals surface area contributed by atoms with Crippen molar-refractivity contribution in [1.29, 1.82) is 0 Å². The largest absolute Gasteiger partial charge is 0.376 e. The van der Waals surface area contributed by atoms with Gasteiger partial charge in [0.2, 0.25) is 5.91 Å². The van der Waals surface area contributed by atoms with E-state index >= 15 is 0 Å². The van der Waals surface area contributed by atoms with Crippen molar-refractivity contribution in [1.82, 2.24) is 15.5 Å². The van der Waals surface area contributed by atoms with E-state index in [9.17, 15) is 9.59 Å². The molecule has 6 nitrogen and oxygen atoms in total. The number of hydrogen-bond acceptors (Lipinski definition) is 3. The summed E-state index contributed by atoms with van der Waals surface area (Å²) < 4.78 is 5.63. The van der Waals surface area contributed by atoms with Crippen LogP contribution in [0.15, 0.2) is 0 Å². The van der Waals surface area contributed by atoms with E-state index in [1.807, 2.05) is 0 Å². The number of urea groups is 1. The highest BCUT2D eigenvalue weighted by Crippen LogP contribution is 2.17. The predicted octanol–water partition coefficient (Wildman–Crippen LogP) is 1.65. The minimum absolute atomic E-state index is 0.0328. The van der Waals surface area contributed by atoms with Gasteiger partial charge in [-0.2, -0.15) is 0 Å². The SMILES string of the molecule is CN(CC1CCCCO1)C(=O)NCCC(=O)NC1CCCC1. The maximum Gasteiger partial charge on any atom is 0.317 e. The van der Waals surface area contributed by atoms with Gasteiger partial charge in [0.25, 0.3) is 0 Å². The van der Waals surface area contributed by atoms with Gasteiger partial charge in [-0.25, -0.2) is 4.79 Å². The first-order valence-electron chi connectivity index (χ1n) is 8.55. The molecule has 1 aliphatic carbocycles. The Bertz CT molecular complexity index is 364. The highest BCUT2D eigenvalue weighted by molar-refractivity contribution is 5.78. The second-order valence-electron chi connectivity index (χ2n) is 6.40. The molecule has 1 saturated carbocycles. The molecule has 2 fully saturated rings. The van der Waals surface area contributed by atoms with Crippen LogP contribution in [0, 0.1) is 0 Å². The average Bonchev–Trinajstić information content (AvgIpc) is 3.01. The highest BCUT2D eigenvalue weighted by Gasteiger charge is 2.19. The summed E-state index contributed by atoms with van der Waals surface area (Å²) in [4.78, 5) is 25.4. The lowest BCUT2D eigenvalue weighted by atomic mass is 10.1. The molecule has 0 aromatic carbocycles. The Kier molecular flexibility index (Phi) is 6.96. The van der Waals surface area contributed by atoms with E-state index in [0.717, 1.165) is 32.3 Å². The average molecular weight is 311 g/mol. The third kappa shape index (κ3) is 5.83. The Hall–Kier alpha value is -1.30. The van der Waals surface area contributed by atoms with E-state index in [1.54, 1.807) is 11.9 Å². The third-order valence-corrected chi connectivity index (χ3v) is 4.45. The molecule has 126 valence electrons. The minimum Gasteiger partial charge on any atom is -0.376 e. The molecular weight excluding hydrogens is 282 g/mol. The summed E-state index contributed by atoms with van der Waals surface area (Å²) >= 11 is 0. The van der Waals surface area contributed by atoms with E-state index in [0.29, 0.717) is 25.6 Å². The standard InChI is InChI=1S/C16H29N3O3/c1-19(12-14-8-4-5-11-22-14)16(21)17-10-9-15(20)18-13-6-2-3-7-13/h13-14H,2-12H2,1H3,(H,17,21)(H,18,20). The Morgan fingerprint density at radius 2 is 1.86 bits per heavy atom. The second kappa shape index (κ2) is 8.98. The lowest BCUT2D eigenvalue weighted by Gasteiger charge is -2.27. The highest BCUT2D eigenvalue weighted by atomic mass is 16.5. The van der Waals surface area contributed by atoms with Gasteiger partial charge in [0.1, 0.15) is 0 Å². The molecule has 2 N–H and O–H groups in total. The summed E-state index contributed by atoms with van der Waals surface area (Å²) in [7, 11) is 1.77. The van der Waals surface area contributed by atoms with Gasteiger partial charge >= 0.3 is 6.03 Å². The Morgan fingerprint density at radius 3 is 2.55 bits per heavy atom. The van der Waals surface area contributed by atoms with Gasteiger partial charge in [0.05, 0.1) is 6.10 Å². The van der Waals surface area contributed by atoms with Gasteiger partial charge in [-0.3, -0.25) is 4.79 Å². The number of likely N-dealkylation sites (N-methyl/N-ethyl adjacent to an activating group) is 1. The molecule has 3 amide bonds. The molecule has 1 heterocycles. The number of hydrogen-bond donors (Lipinski definition) is 2. The monoisotopic (exact) mass is 311 g/mol. The van der Waals surface area contributed by atoms with Gasteiger partial charge in [-0.1, -0.05) is 12.8 Å². The first kappa shape index (κ1) is 17.1. The van der Waals surface area contributed by atoms with Gasteiger partial charge < -0.3 is 20.3 Å². The fourth-order valence-electron chi connectivity index (χ4n) is 3.13. The van der Waals surface area contributed by atoms with Crippen LogP contribution in [0.5, 0.6) is 0 Å². The smallest absolute Gasteiger partial charge is 0.317 e. The van der Waals surface area contributed by atoms with Crippen LogP contribution < -0.4 is 10.6 Å². The molecule has 0 bridgehead atoms. The van der Waals surface area contributed by atoms with Crippen LogP contribution in [-0.4, -0.2) is 55.7 Å². The van der Waals surface area contributed by atoms with E-state index < -0.39 is 0 Å². The van der Waals surface area contributed by atoms with Crippen LogP contribution >= 0.6 is 0 Å². The molecule has 6 heteroatoms. The number of ether oxygens (including phenoxy) is 1. The number of nitrogens with zero attached hydrogens (tertiary/aromatic N) is 1. The predicted molar refractivity (Wildman–Crippen MR) is 84.6 cm³/mol. The maximum absolute atomic E-state index is 12.0. The van der Waals surface area contributed by atoms with Crippen LogP contribution in [-0.2, 0) is 9.53 Å². The first-order chi connectivity index (χ1) is 10.6. The molecule has 0 aromatic rings. The van der Waals surface area contributed by atoms with Crippen LogP contribution in [0.2, 0.25) is 0 Å². The van der Waals surface area contributed by atoms with E-state index in [1.165, 1.54) is 19.3 Å². The molecule has 1 aliphatic heterocycles. The van der Waals surface area contributed by atoms with Gasteiger partial charge in [0.15, 0.2) is 0 Å². The maximum atomic E-state index is 12.0. The van der Waals surface area contributed by atoms with Crippen molar-refractivity contribution in [3.63, 3.8) is 0 Å². The first-order valence-corrected chi connectivity index (χ1v) is 8.55. The number of carbonyl (C=O) groups is 2. The topological polar surface area (TPSA) is 70.7 Å². The molecule has 1 unspecified atom stereocenters. The fourth-order valence-corrected chi connectivity index (χ4v) is 3.13. The van der Waals surface area contributed by atoms with Gasteiger partial charge in [-0.05, 0) is 32.1 Å². The van der Waals surface area contributed by atoms with Crippen molar-refractivity contribution < 1.29 is 14.3 Å². The molecular formula is C16H29N3O3. The number of rotatable bonds is 6. The molecule has 1 saturated heterocycles. The van der Waals surface area contributed by atoms with Crippen molar-refractivity contribution in [3.05, 3.63) is 0 Å². The number of amides is 3. The lowest BCUT2D eigenvalue weighted by molar-refractivity contribution is -0.121. The summed E-state index contributed by atoms with van der Waals surface area (Å²) in [5.74, 6) is 0.0328. The minimum atomic E-state index is -0.136. The third-order valence-electron chi connectivity index (χ3n) is 4.45. The van der Waals surface area contributed by atoms with Crippen LogP contribution in [0.1, 0.15) is 51.4 Å². The van der Waals surface area contributed by atoms with Gasteiger partial charge in [0, 0.05) is 39.2 Å². The van der Waals surface area contributed by atoms with E-state index in [2.05, 4.69) is 10.6 Å². The summed E-state index contributed by atoms with van der Waals surface area (Å²) in [5.41, 5.74) is 0. The van der Waals surface area contributed by atoms with Crippen molar-refractivity contribution >= 4 is 11.9 Å². The normalized spacial score (nSPS) is 22.3. The zero-order chi connectivity index (χ0) is 15.8. The van der Waals surface area contributed by atoms with Crippen LogP contribution in [0.3, 0.4) is 0 Å². The van der Waals surface area contributed by atoms with Crippen LogP contribution in [0.25, 0.3) is 0 Å². The van der Waals surface area contributed by atoms with Crippen molar-refractivity contribution in [2.24, 2.45) is 0 Å². The number of nitrogens with one attached hydrogen (secondary N) is 2. The molecule has 2 aliphatic rings. The Labute approximate surface area is 132 Å². The Balaban J connectivity index is 1.56. The molecule has 0 radical (unpaired) electrons. The summed E-state index contributed by atoms with van der Waals surface area (Å²) in [6.45, 7) is 1.79. The lowest BCUT2D eigenvalue weighted by Crippen LogP contribution is -2.44. The van der Waals surface area contributed by atoms with E-state index in [4.69, 9.17) is 4.74 Å².